The molecule has 0 aromatic rings. The Labute approximate surface area is 161 Å². The van der Waals surface area contributed by atoms with E-state index in [9.17, 15) is 0 Å². The van der Waals surface area contributed by atoms with E-state index in [1.807, 2.05) is 33.9 Å². The van der Waals surface area contributed by atoms with Crippen molar-refractivity contribution in [3.05, 3.63) is 0 Å². The third kappa shape index (κ3) is 84.5. The first-order chi connectivity index (χ1) is 12.0. The Hall–Kier alpha value is -1.19. The molecular formula is C13H31ClNO9W. The van der Waals surface area contributed by atoms with E-state index in [4.69, 9.17) is 39.2 Å². The van der Waals surface area contributed by atoms with Crippen molar-refractivity contribution in [2.24, 2.45) is 0 Å². The Morgan fingerprint density at radius 3 is 0.760 bits per heavy atom. The van der Waals surface area contributed by atoms with Crippen LogP contribution >= 0.6 is 11.9 Å². The molecule has 0 aromatic carbocycles. The fourth-order valence-electron chi connectivity index (χ4n) is 1.34. The van der Waals surface area contributed by atoms with Crippen molar-refractivity contribution in [3.63, 3.8) is 0 Å². The van der Waals surface area contributed by atoms with E-state index in [1.165, 1.54) is 30.7 Å². The molecule has 0 aromatic heterocycles. The molecule has 0 aliphatic heterocycles. The van der Waals surface area contributed by atoms with Crippen molar-refractivity contribution in [1.29, 1.82) is 0 Å². The maximum atomic E-state index is 8.61. The minimum atomic E-state index is -4.28. The van der Waals surface area contributed by atoms with Gasteiger partial charge in [-0.3, -0.25) is 4.66 Å². The predicted molar refractivity (Wildman–Crippen MR) is 87.5 cm³/mol. The monoisotopic (exact) mass is 564 g/mol. The molecule has 0 unspecified atom stereocenters. The van der Waals surface area contributed by atoms with E-state index < -0.39 is 17.6 Å². The summed E-state index contributed by atoms with van der Waals surface area (Å²) in [6.45, 7) is 24.2. The van der Waals surface area contributed by atoms with Crippen molar-refractivity contribution in [3.8, 4) is 0 Å². The number of nitrogens with zero attached hydrogens (tertiary/aromatic N) is 1. The van der Waals surface area contributed by atoms with E-state index in [1.54, 1.807) is 0 Å². The summed E-state index contributed by atoms with van der Waals surface area (Å²) in [6, 6.07) is 0. The minimum absolute atomic E-state index is 1.28. The van der Waals surface area contributed by atoms with Crippen molar-refractivity contribution >= 4 is 45.8 Å². The van der Waals surface area contributed by atoms with E-state index in [0.717, 1.165) is 0 Å². The van der Waals surface area contributed by atoms with Crippen molar-refractivity contribution < 1.29 is 61.3 Å². The third-order valence-corrected chi connectivity index (χ3v) is 2.68. The van der Waals surface area contributed by atoms with Crippen LogP contribution in [-0.2, 0) is 48.4 Å². The van der Waals surface area contributed by atoms with Crippen LogP contribution in [0.5, 0.6) is 0 Å². The Balaban J connectivity index is -0.0000000256. The molecule has 0 radical (unpaired) electrons. The van der Waals surface area contributed by atoms with Crippen LogP contribution in [0.4, 0.5) is 0 Å². The Kier molecular flexibility index (Phi) is 154. The van der Waals surface area contributed by atoms with Gasteiger partial charge >= 0.3 is 28.2 Å². The van der Waals surface area contributed by atoms with Crippen LogP contribution in [-0.4, -0.2) is 69.3 Å². The summed E-state index contributed by atoms with van der Waals surface area (Å²) >= 11 is -0.639. The van der Waals surface area contributed by atoms with E-state index in [-0.39, 0.29) is 0 Å². The zero-order valence-electron chi connectivity index (χ0n) is 15.3. The quantitative estimate of drug-likeness (QED) is 0.450. The molecule has 0 aliphatic rings. The summed E-state index contributed by atoms with van der Waals surface area (Å²) in [5.41, 5.74) is 0. The van der Waals surface area contributed by atoms with Gasteiger partial charge in [0, 0.05) is 0 Å². The third-order valence-electron chi connectivity index (χ3n) is 2.68. The average Bonchev–Trinajstić information content (AvgIpc) is 2.73. The zero-order valence-corrected chi connectivity index (χ0v) is 19.0. The number of carbonyl (C=O) groups excluding carboxylic acids is 5. The number of carbonyl (C=O) groups is 5. The molecule has 12 heteroatoms. The summed E-state index contributed by atoms with van der Waals surface area (Å²) in [5, 5.41) is 0. The number of rotatable bonds is 4. The van der Waals surface area contributed by atoms with Crippen LogP contribution in [0.25, 0.3) is 0 Å². The van der Waals surface area contributed by atoms with Gasteiger partial charge in [0.05, 0.1) is 38.0 Å². The molecule has 0 aliphatic carbocycles. The molecule has 10 nitrogen and oxygen atoms in total. The SMILES string of the molecule is C=O.C=O.C=O.C=O.C=O.CC[N+](CC)(CC)CC.OCl.[O]=[W](=[O])[O-]. The van der Waals surface area contributed by atoms with Gasteiger partial charge in [0.1, 0.15) is 33.9 Å². The van der Waals surface area contributed by atoms with Crippen LogP contribution in [0, 0.1) is 0 Å². The topological polar surface area (TPSA) is 163 Å². The zero-order chi connectivity index (χ0) is 22.9. The molecule has 0 saturated carbocycles. The fraction of sp³-hybridized carbons (Fsp3) is 0.615. The molecule has 0 bridgehead atoms. The summed E-state index contributed by atoms with van der Waals surface area (Å²) < 4.78 is 33.6. The number of hydrogen-bond acceptors (Lipinski definition) is 9. The number of halogens is 1. The molecule has 0 saturated heterocycles. The first kappa shape index (κ1) is 49.6. The van der Waals surface area contributed by atoms with E-state index >= 15 is 0 Å². The number of hydrogen-bond donors (Lipinski definition) is 1. The summed E-state index contributed by atoms with van der Waals surface area (Å²) in [5.74, 6) is 0. The van der Waals surface area contributed by atoms with Crippen LogP contribution in [0.2, 0.25) is 0 Å². The summed E-state index contributed by atoms with van der Waals surface area (Å²) in [7, 11) is 0. The molecule has 0 atom stereocenters. The van der Waals surface area contributed by atoms with Crippen LogP contribution < -0.4 is 3.76 Å². The second-order valence-electron chi connectivity index (χ2n) is 2.81. The molecule has 0 spiro atoms. The Morgan fingerprint density at radius 1 is 0.680 bits per heavy atom. The molecule has 155 valence electrons. The van der Waals surface area contributed by atoms with Gasteiger partial charge in [0.25, 0.3) is 0 Å². The molecular weight excluding hydrogens is 533 g/mol. The van der Waals surface area contributed by atoms with E-state index in [0.29, 0.717) is 0 Å². The molecule has 1 N–H and O–H groups in total. The van der Waals surface area contributed by atoms with Gasteiger partial charge in [-0.1, -0.05) is 0 Å². The Bertz CT molecular complexity index is 219. The fourth-order valence-corrected chi connectivity index (χ4v) is 1.34. The van der Waals surface area contributed by atoms with Gasteiger partial charge in [0.2, 0.25) is 0 Å². The Morgan fingerprint density at radius 2 is 0.760 bits per heavy atom. The van der Waals surface area contributed by atoms with Crippen molar-refractivity contribution in [2.45, 2.75) is 27.7 Å². The van der Waals surface area contributed by atoms with Crippen LogP contribution in [0.1, 0.15) is 27.7 Å². The van der Waals surface area contributed by atoms with Gasteiger partial charge in [-0.05, 0) is 27.7 Å². The molecule has 25 heavy (non-hydrogen) atoms. The van der Waals surface area contributed by atoms with Gasteiger partial charge in [-0.25, -0.2) is 0 Å². The molecule has 0 rings (SSSR count). The molecule has 0 amide bonds. The molecule has 0 heterocycles. The molecule has 0 fully saturated rings. The normalized spacial score (nSPS) is 6.36. The summed E-state index contributed by atoms with van der Waals surface area (Å²) in [4.78, 5) is 40.0. The standard InChI is InChI=1S/C8H20N.5CH2O.ClHO.3O.W/c1-5-9(6-2,7-3)8-4;6*1-2;;;;/h5-8H2,1-4H3;5*1H2;2H;;;;/q+1;;;;;;;;;-1;. The predicted octanol–water partition coefficient (Wildman–Crippen LogP) is -0.338. The second-order valence-corrected chi connectivity index (χ2v) is 4.28. The van der Waals surface area contributed by atoms with Gasteiger partial charge in [-0.15, -0.1) is 0 Å². The maximum absolute atomic E-state index is 8.61. The van der Waals surface area contributed by atoms with Crippen LogP contribution in [0.15, 0.2) is 0 Å². The van der Waals surface area contributed by atoms with Gasteiger partial charge in [0.15, 0.2) is 0 Å². The van der Waals surface area contributed by atoms with Crippen molar-refractivity contribution in [1.82, 2.24) is 0 Å². The first-order valence-electron chi connectivity index (χ1n) is 6.21. The van der Waals surface area contributed by atoms with Gasteiger partial charge in [-0.2, -0.15) is 0 Å². The van der Waals surface area contributed by atoms with Crippen molar-refractivity contribution in [2.75, 3.05) is 26.2 Å². The summed E-state index contributed by atoms with van der Waals surface area (Å²) in [6.07, 6.45) is 0. The average molecular weight is 565 g/mol. The van der Waals surface area contributed by atoms with Crippen LogP contribution in [0.3, 0.4) is 0 Å². The van der Waals surface area contributed by atoms with Gasteiger partial charge < -0.3 is 28.5 Å². The first-order valence-corrected chi connectivity index (χ1v) is 10.1. The van der Waals surface area contributed by atoms with E-state index in [2.05, 4.69) is 39.6 Å². The number of quaternary nitrogens is 1. The second kappa shape index (κ2) is 77.8.